The van der Waals surface area contributed by atoms with Gasteiger partial charge in [-0.25, -0.2) is 0 Å². The topological polar surface area (TPSA) is 6.48 Å². The number of allylic oxidation sites excluding steroid dienone is 19. The molecule has 0 aliphatic heterocycles. The second-order valence-electron chi connectivity index (χ2n) is 27.9. The Bertz CT molecular complexity index is 4460. The van der Waals surface area contributed by atoms with Crippen molar-refractivity contribution in [1.82, 2.24) is 0 Å². The van der Waals surface area contributed by atoms with Crippen molar-refractivity contribution in [3.63, 3.8) is 0 Å². The first-order valence-corrected chi connectivity index (χ1v) is 33.9. The molecule has 0 radical (unpaired) electrons. The highest BCUT2D eigenvalue weighted by atomic mass is 15.2. The quantitative estimate of drug-likeness (QED) is 0.120. The van der Waals surface area contributed by atoms with Crippen LogP contribution < -0.4 is 9.80 Å². The van der Waals surface area contributed by atoms with Crippen molar-refractivity contribution in [2.75, 3.05) is 9.80 Å². The first kappa shape index (κ1) is 58.4. The highest BCUT2D eigenvalue weighted by Gasteiger charge is 2.39. The van der Waals surface area contributed by atoms with Gasteiger partial charge in [-0.2, -0.15) is 0 Å². The molecule has 5 atom stereocenters. The van der Waals surface area contributed by atoms with Gasteiger partial charge in [0.25, 0.3) is 0 Å². The average molecular weight is 1180 g/mol. The van der Waals surface area contributed by atoms with Crippen LogP contribution in [0.2, 0.25) is 0 Å². The van der Waals surface area contributed by atoms with Gasteiger partial charge in [0.1, 0.15) is 0 Å². The lowest BCUT2D eigenvalue weighted by Crippen LogP contribution is -2.37. The zero-order chi connectivity index (χ0) is 62.1. The molecule has 5 unspecified atom stereocenters. The van der Waals surface area contributed by atoms with Gasteiger partial charge in [0.2, 0.25) is 0 Å². The molecule has 8 aromatic rings. The van der Waals surface area contributed by atoms with E-state index in [-0.39, 0.29) is 11.5 Å². The molecule has 0 spiro atoms. The van der Waals surface area contributed by atoms with Gasteiger partial charge in [-0.05, 0) is 266 Å². The Morgan fingerprint density at radius 3 is 1.75 bits per heavy atom. The molecule has 1 fully saturated rings. The monoisotopic (exact) mass is 1180 g/mol. The first-order valence-electron chi connectivity index (χ1n) is 33.9. The Hall–Kier alpha value is -8.98. The third-order valence-corrected chi connectivity index (χ3v) is 21.8. The van der Waals surface area contributed by atoms with Crippen molar-refractivity contribution in [2.45, 2.75) is 125 Å². The van der Waals surface area contributed by atoms with Crippen molar-refractivity contribution in [3.8, 4) is 22.3 Å². The van der Waals surface area contributed by atoms with E-state index < -0.39 is 0 Å². The molecule has 0 saturated heterocycles. The molecule has 2 heteroatoms. The third kappa shape index (κ3) is 10.8. The summed E-state index contributed by atoms with van der Waals surface area (Å²) < 4.78 is 0. The number of nitrogens with zero attached hydrogens (tertiary/aromatic N) is 2. The van der Waals surface area contributed by atoms with Crippen molar-refractivity contribution < 1.29 is 0 Å². The van der Waals surface area contributed by atoms with Gasteiger partial charge in [-0.3, -0.25) is 0 Å². The van der Waals surface area contributed by atoms with Gasteiger partial charge in [0.15, 0.2) is 0 Å². The lowest BCUT2D eigenvalue weighted by Gasteiger charge is -2.41. The van der Waals surface area contributed by atoms with E-state index in [0.29, 0.717) is 23.7 Å². The van der Waals surface area contributed by atoms with Gasteiger partial charge < -0.3 is 9.80 Å². The van der Waals surface area contributed by atoms with E-state index >= 15 is 0 Å². The normalized spacial score (nSPS) is 21.7. The second-order valence-corrected chi connectivity index (χ2v) is 27.9. The van der Waals surface area contributed by atoms with E-state index in [0.717, 1.165) is 62.0 Å². The van der Waals surface area contributed by atoms with Crippen LogP contribution in [0.15, 0.2) is 287 Å². The zero-order valence-corrected chi connectivity index (χ0v) is 54.7. The van der Waals surface area contributed by atoms with Crippen LogP contribution in [0.25, 0.3) is 43.8 Å². The fourth-order valence-corrected chi connectivity index (χ4v) is 17.3. The van der Waals surface area contributed by atoms with Crippen LogP contribution in [0, 0.1) is 51.4 Å². The number of benzene rings is 8. The Kier molecular flexibility index (Phi) is 15.4. The summed E-state index contributed by atoms with van der Waals surface area (Å²) in [5, 5.41) is 5.16. The highest BCUT2D eigenvalue weighted by Crippen LogP contribution is 2.51. The maximum atomic E-state index is 2.74. The number of hydrogen-bond acceptors (Lipinski definition) is 2. The van der Waals surface area contributed by atoms with Crippen LogP contribution in [0.4, 0.5) is 22.7 Å². The minimum absolute atomic E-state index is 0.106. The number of anilines is 4. The third-order valence-electron chi connectivity index (χ3n) is 21.8. The van der Waals surface area contributed by atoms with Gasteiger partial charge in [-0.1, -0.05) is 217 Å². The van der Waals surface area contributed by atoms with Crippen LogP contribution in [-0.2, 0) is 5.41 Å². The molecule has 15 rings (SSSR count). The smallest absolute Gasteiger partial charge is 0.0568 e. The molecule has 1 saturated carbocycles. The number of hydrogen-bond donors (Lipinski definition) is 0. The Labute approximate surface area is 541 Å². The molecule has 0 aromatic heterocycles. The maximum Gasteiger partial charge on any atom is 0.0568 e. The van der Waals surface area contributed by atoms with Gasteiger partial charge >= 0.3 is 0 Å². The SMILES string of the molecule is CC1=CC(N(C2=CC(C3CC=C(C)C4=C3C=CCC4)CC(C)=C2)c2ccc(C3(c4ccc(N(c5cc(C)cc(-c6ccc(C)c7ccccc67)c5)c5cc(C)cc(-c6ccc(C)c7ccccc67)c5)cc4)CCCC3)cc2)CC(C2=CC=C(C)C3C=CC=CC23)=C1. The average Bonchev–Trinajstić information content (AvgIpc) is 1.91. The van der Waals surface area contributed by atoms with E-state index in [2.05, 4.69) is 302 Å². The minimum Gasteiger partial charge on any atom is -0.334 e. The predicted octanol–water partition coefficient (Wildman–Crippen LogP) is 24.0. The summed E-state index contributed by atoms with van der Waals surface area (Å²) in [7, 11) is 0. The fraction of sp³-hybridized carbons (Fsp3) is 0.258. The van der Waals surface area contributed by atoms with E-state index in [1.54, 1.807) is 11.1 Å². The van der Waals surface area contributed by atoms with E-state index in [1.165, 1.54) is 135 Å². The molecule has 0 heterocycles. The summed E-state index contributed by atoms with van der Waals surface area (Å²) in [4.78, 5) is 5.26. The summed E-state index contributed by atoms with van der Waals surface area (Å²) in [5.41, 5.74) is 30.6. The van der Waals surface area contributed by atoms with Gasteiger partial charge in [-0.15, -0.1) is 0 Å². The predicted molar refractivity (Wildman–Crippen MR) is 389 cm³/mol. The van der Waals surface area contributed by atoms with Crippen LogP contribution in [0.3, 0.4) is 0 Å². The molecular weight excluding hydrogens is 1100 g/mol. The van der Waals surface area contributed by atoms with Crippen molar-refractivity contribution in [1.29, 1.82) is 0 Å². The minimum atomic E-state index is -0.106. The lowest BCUT2D eigenvalue weighted by molar-refractivity contribution is 0.441. The van der Waals surface area contributed by atoms with Crippen LogP contribution >= 0.6 is 0 Å². The summed E-state index contributed by atoms with van der Waals surface area (Å²) in [6.07, 6.45) is 42.0. The highest BCUT2D eigenvalue weighted by molar-refractivity contribution is 6.01. The van der Waals surface area contributed by atoms with Crippen molar-refractivity contribution in [3.05, 3.63) is 320 Å². The van der Waals surface area contributed by atoms with Crippen LogP contribution in [0.5, 0.6) is 0 Å². The second kappa shape index (κ2) is 24.0. The molecule has 0 N–H and O–H groups in total. The molecule has 7 aliphatic rings. The molecule has 8 aromatic carbocycles. The zero-order valence-electron chi connectivity index (χ0n) is 54.7. The Morgan fingerprint density at radius 2 is 1.12 bits per heavy atom. The first-order chi connectivity index (χ1) is 44.3. The molecule has 7 aliphatic carbocycles. The number of rotatable bonds is 12. The van der Waals surface area contributed by atoms with Crippen molar-refractivity contribution >= 4 is 44.3 Å². The molecule has 0 bridgehead atoms. The fourth-order valence-electron chi connectivity index (χ4n) is 17.3. The summed E-state index contributed by atoms with van der Waals surface area (Å²) in [5.74, 6) is 1.66. The van der Waals surface area contributed by atoms with Crippen LogP contribution in [0.1, 0.15) is 119 Å². The van der Waals surface area contributed by atoms with E-state index in [1.807, 2.05) is 0 Å². The molecule has 452 valence electrons. The largest absolute Gasteiger partial charge is 0.334 e. The molecular formula is C89H86N2. The Balaban J connectivity index is 0.817. The molecule has 0 amide bonds. The standard InChI is InChI=1S/C89H86N2/c1-57-45-65(81-39-27-61(5)77-19-9-13-23-85(77)81)53-73(49-57)90(74-50-58(2)46-66(54-74)82-40-28-62(6)78-20-10-14-24-86(78)82)71-35-31-69(32-36-71)89(43-17-18-44-89)70-33-37-72(38-34-70)91(75-51-59(3)47-67(55-75)83-41-29-63(7)79-21-11-15-25-87(79)83)76-52-60(4)48-68(56-76)84-42-30-64(8)80-22-12-16-26-88(80)84/h9-11,13-16,19-21,23-41,45-47,49-54,56,68,75,79,84,87H,12,17-18,22,42-44,48,55H2,1-8H3. The number of aryl methyl sites for hydroxylation is 4. The Morgan fingerprint density at radius 1 is 0.527 bits per heavy atom. The van der Waals surface area contributed by atoms with Gasteiger partial charge in [0, 0.05) is 45.7 Å². The maximum absolute atomic E-state index is 2.74. The summed E-state index contributed by atoms with van der Waals surface area (Å²) in [6.45, 7) is 18.3. The molecule has 2 nitrogen and oxygen atoms in total. The van der Waals surface area contributed by atoms with E-state index in [9.17, 15) is 0 Å². The van der Waals surface area contributed by atoms with Crippen molar-refractivity contribution in [2.24, 2.45) is 23.7 Å². The van der Waals surface area contributed by atoms with Gasteiger partial charge in [0.05, 0.1) is 6.04 Å². The molecule has 91 heavy (non-hydrogen) atoms. The van der Waals surface area contributed by atoms with E-state index in [4.69, 9.17) is 0 Å². The summed E-state index contributed by atoms with van der Waals surface area (Å²) in [6, 6.07) is 61.3. The van der Waals surface area contributed by atoms with Crippen LogP contribution in [-0.4, -0.2) is 6.04 Å². The number of fused-ring (bicyclic) bond motifs is 3. The summed E-state index contributed by atoms with van der Waals surface area (Å²) >= 11 is 0. The lowest BCUT2D eigenvalue weighted by atomic mass is 9.70.